The van der Waals surface area contributed by atoms with Crippen molar-refractivity contribution in [2.75, 3.05) is 39.6 Å². The minimum absolute atomic E-state index is 0.00299. The fourth-order valence-electron chi connectivity index (χ4n) is 4.49. The minimum Gasteiger partial charge on any atom is -0.383 e. The van der Waals surface area contributed by atoms with Crippen LogP contribution in [-0.2, 0) is 19.6 Å². The molecule has 2 aliphatic heterocycles. The molecule has 1 atom stereocenters. The van der Waals surface area contributed by atoms with Gasteiger partial charge < -0.3 is 9.64 Å². The zero-order valence-electron chi connectivity index (χ0n) is 14.6. The first kappa shape index (κ1) is 17.9. The van der Waals surface area contributed by atoms with Crippen LogP contribution in [0.1, 0.15) is 32.1 Å². The van der Waals surface area contributed by atoms with E-state index in [1.807, 2.05) is 4.90 Å². The summed E-state index contributed by atoms with van der Waals surface area (Å²) in [5.74, 6) is 0.387. The average molecular weight is 356 g/mol. The first-order valence-electron chi connectivity index (χ1n) is 8.74. The number of hydrogen-bond acceptors (Lipinski definition) is 4. The molecule has 7 heteroatoms. The van der Waals surface area contributed by atoms with Gasteiger partial charge >= 0.3 is 0 Å². The topological polar surface area (TPSA) is 66.9 Å². The van der Waals surface area contributed by atoms with Gasteiger partial charge in [-0.1, -0.05) is 12.2 Å². The Hall–Kier alpha value is -0.920. The van der Waals surface area contributed by atoms with Gasteiger partial charge in [0, 0.05) is 38.7 Å². The summed E-state index contributed by atoms with van der Waals surface area (Å²) in [7, 11) is -1.61. The molecule has 2 heterocycles. The summed E-state index contributed by atoms with van der Waals surface area (Å²) in [5.41, 5.74) is -0.00299. The number of carbonyl (C=O) groups excluding carboxylic acids is 1. The molecular formula is C17H28N2O4S. The van der Waals surface area contributed by atoms with Crippen LogP contribution >= 0.6 is 0 Å². The van der Waals surface area contributed by atoms with Crippen molar-refractivity contribution in [2.24, 2.45) is 11.3 Å². The standard InChI is InChI=1S/C17H28N2O4S/c1-23-12-15-11-17(13-19(15)24(2,21)22)7-9-18(10-8-17)16(20)14-5-3-4-6-14/h3-4,14-15H,5-13H2,1-2H3/t15-/m0/s1. The second-order valence-electron chi connectivity index (χ2n) is 7.59. The van der Waals surface area contributed by atoms with Crippen LogP contribution in [-0.4, -0.2) is 69.2 Å². The highest BCUT2D eigenvalue weighted by Gasteiger charge is 2.49. The predicted molar refractivity (Wildman–Crippen MR) is 91.9 cm³/mol. The summed E-state index contributed by atoms with van der Waals surface area (Å²) in [6, 6.07) is -0.0775. The molecule has 0 N–H and O–H groups in total. The van der Waals surface area contributed by atoms with Crippen LogP contribution in [0.3, 0.4) is 0 Å². The number of amides is 1. The number of piperidine rings is 1. The van der Waals surface area contributed by atoms with Gasteiger partial charge in [0.25, 0.3) is 0 Å². The van der Waals surface area contributed by atoms with E-state index in [0.29, 0.717) is 13.2 Å². The number of likely N-dealkylation sites (tertiary alicyclic amines) is 1. The Labute approximate surface area is 144 Å². The molecule has 1 amide bonds. The molecule has 0 saturated carbocycles. The van der Waals surface area contributed by atoms with Crippen molar-refractivity contribution in [3.8, 4) is 0 Å². The number of hydrogen-bond donors (Lipinski definition) is 0. The zero-order chi connectivity index (χ0) is 17.4. The van der Waals surface area contributed by atoms with E-state index in [9.17, 15) is 13.2 Å². The molecule has 1 spiro atoms. The number of ether oxygens (including phenoxy) is 1. The van der Waals surface area contributed by atoms with Crippen molar-refractivity contribution < 1.29 is 17.9 Å². The number of allylic oxidation sites excluding steroid dienone is 2. The van der Waals surface area contributed by atoms with E-state index in [0.717, 1.165) is 45.2 Å². The molecule has 0 aromatic rings. The lowest BCUT2D eigenvalue weighted by atomic mass is 9.76. The lowest BCUT2D eigenvalue weighted by molar-refractivity contribution is -0.137. The fourth-order valence-corrected chi connectivity index (χ4v) is 5.67. The Bertz CT molecular complexity index is 600. The summed E-state index contributed by atoms with van der Waals surface area (Å²) in [4.78, 5) is 14.5. The van der Waals surface area contributed by atoms with Crippen molar-refractivity contribution in [3.05, 3.63) is 12.2 Å². The Morgan fingerprint density at radius 3 is 2.42 bits per heavy atom. The quantitative estimate of drug-likeness (QED) is 0.711. The molecule has 3 rings (SSSR count). The number of rotatable bonds is 4. The average Bonchev–Trinajstić information content (AvgIpc) is 3.16. The van der Waals surface area contributed by atoms with Crippen molar-refractivity contribution in [2.45, 2.75) is 38.1 Å². The maximum Gasteiger partial charge on any atom is 0.226 e. The van der Waals surface area contributed by atoms with Crippen molar-refractivity contribution in [3.63, 3.8) is 0 Å². The number of nitrogens with zero attached hydrogens (tertiary/aromatic N) is 2. The molecule has 0 unspecified atom stereocenters. The highest BCUT2D eigenvalue weighted by atomic mass is 32.2. The summed E-state index contributed by atoms with van der Waals surface area (Å²) in [5, 5.41) is 0. The Morgan fingerprint density at radius 1 is 1.25 bits per heavy atom. The highest BCUT2D eigenvalue weighted by molar-refractivity contribution is 7.88. The Kier molecular flexibility index (Phi) is 5.04. The maximum atomic E-state index is 12.6. The monoisotopic (exact) mass is 356 g/mol. The van der Waals surface area contributed by atoms with Crippen LogP contribution in [0.15, 0.2) is 12.2 Å². The third kappa shape index (κ3) is 3.53. The van der Waals surface area contributed by atoms with Gasteiger partial charge in [-0.15, -0.1) is 0 Å². The van der Waals surface area contributed by atoms with Crippen LogP contribution in [0, 0.1) is 11.3 Å². The largest absolute Gasteiger partial charge is 0.383 e. The number of carbonyl (C=O) groups is 1. The summed E-state index contributed by atoms with van der Waals surface area (Å²) < 4.78 is 31.0. The minimum atomic E-state index is -3.23. The summed E-state index contributed by atoms with van der Waals surface area (Å²) in [6.07, 6.45) is 9.77. The molecule has 2 fully saturated rings. The molecule has 0 radical (unpaired) electrons. The first-order valence-corrected chi connectivity index (χ1v) is 10.6. The fraction of sp³-hybridized carbons (Fsp3) is 0.824. The van der Waals surface area contributed by atoms with Crippen molar-refractivity contribution in [1.29, 1.82) is 0 Å². The van der Waals surface area contributed by atoms with Gasteiger partial charge in [-0.3, -0.25) is 4.79 Å². The van der Waals surface area contributed by atoms with Gasteiger partial charge in [-0.25, -0.2) is 8.42 Å². The molecule has 0 aromatic heterocycles. The lowest BCUT2D eigenvalue weighted by Crippen LogP contribution is -2.46. The molecule has 0 bridgehead atoms. The lowest BCUT2D eigenvalue weighted by Gasteiger charge is -2.40. The smallest absolute Gasteiger partial charge is 0.226 e. The Balaban J connectivity index is 1.63. The second-order valence-corrected chi connectivity index (χ2v) is 9.52. The maximum absolute atomic E-state index is 12.6. The van der Waals surface area contributed by atoms with Crippen molar-refractivity contribution >= 4 is 15.9 Å². The zero-order valence-corrected chi connectivity index (χ0v) is 15.4. The second kappa shape index (κ2) is 6.77. The van der Waals surface area contributed by atoms with Crippen LogP contribution in [0.25, 0.3) is 0 Å². The van der Waals surface area contributed by atoms with E-state index >= 15 is 0 Å². The van der Waals surface area contributed by atoms with E-state index in [4.69, 9.17) is 4.74 Å². The van der Waals surface area contributed by atoms with Gasteiger partial charge in [0.1, 0.15) is 0 Å². The predicted octanol–water partition coefficient (Wildman–Crippen LogP) is 1.24. The SMILES string of the molecule is COC[C@@H]1CC2(CCN(C(=O)C3CC=CC3)CC2)CN1S(C)(=O)=O. The van der Waals surface area contributed by atoms with E-state index in [1.54, 1.807) is 11.4 Å². The van der Waals surface area contributed by atoms with Crippen LogP contribution in [0.2, 0.25) is 0 Å². The highest BCUT2D eigenvalue weighted by Crippen LogP contribution is 2.44. The molecule has 0 aromatic carbocycles. The molecule has 1 aliphatic carbocycles. The van der Waals surface area contributed by atoms with Gasteiger partial charge in [-0.05, 0) is 37.5 Å². The van der Waals surface area contributed by atoms with Crippen molar-refractivity contribution in [1.82, 2.24) is 9.21 Å². The third-order valence-electron chi connectivity index (χ3n) is 5.85. The van der Waals surface area contributed by atoms with E-state index < -0.39 is 10.0 Å². The molecular weight excluding hydrogens is 328 g/mol. The molecule has 24 heavy (non-hydrogen) atoms. The molecule has 3 aliphatic rings. The number of sulfonamides is 1. The van der Waals surface area contributed by atoms with Gasteiger partial charge in [0.2, 0.25) is 15.9 Å². The van der Waals surface area contributed by atoms with Crippen LogP contribution in [0.5, 0.6) is 0 Å². The normalized spacial score (nSPS) is 28.1. The van der Waals surface area contributed by atoms with E-state index in [1.165, 1.54) is 6.26 Å². The van der Waals surface area contributed by atoms with E-state index in [2.05, 4.69) is 12.2 Å². The van der Waals surface area contributed by atoms with E-state index in [-0.39, 0.29) is 23.3 Å². The third-order valence-corrected chi connectivity index (χ3v) is 7.12. The first-order chi connectivity index (χ1) is 11.3. The molecule has 2 saturated heterocycles. The summed E-state index contributed by atoms with van der Waals surface area (Å²) in [6.45, 7) is 2.48. The number of methoxy groups -OCH3 is 1. The van der Waals surface area contributed by atoms with Gasteiger partial charge in [0.15, 0.2) is 0 Å². The van der Waals surface area contributed by atoms with Crippen LogP contribution in [0.4, 0.5) is 0 Å². The molecule has 6 nitrogen and oxygen atoms in total. The van der Waals surface area contributed by atoms with Gasteiger partial charge in [-0.2, -0.15) is 4.31 Å². The summed E-state index contributed by atoms with van der Waals surface area (Å²) >= 11 is 0. The Morgan fingerprint density at radius 2 is 1.88 bits per heavy atom. The van der Waals surface area contributed by atoms with Crippen LogP contribution < -0.4 is 0 Å². The van der Waals surface area contributed by atoms with Gasteiger partial charge in [0.05, 0.1) is 12.9 Å². The molecule has 136 valence electrons.